The Kier molecular flexibility index (Phi) is 5.35. The van der Waals surface area contributed by atoms with E-state index in [-0.39, 0.29) is 28.7 Å². The summed E-state index contributed by atoms with van der Waals surface area (Å²) in [6.07, 6.45) is 0. The summed E-state index contributed by atoms with van der Waals surface area (Å²) < 4.78 is 23.2. The zero-order chi connectivity index (χ0) is 18.0. The molecule has 3 rings (SSSR count). The van der Waals surface area contributed by atoms with Gasteiger partial charge in [0.15, 0.2) is 15.0 Å². The number of carbonyl (C=O) groups excluding carboxylic acids is 1. The van der Waals surface area contributed by atoms with Gasteiger partial charge in [-0.2, -0.15) is 0 Å². The lowest BCUT2D eigenvalue weighted by Gasteiger charge is -2.11. The smallest absolute Gasteiger partial charge is 0.251 e. The molecule has 1 saturated heterocycles. The summed E-state index contributed by atoms with van der Waals surface area (Å²) in [7, 11) is 0.983. The van der Waals surface area contributed by atoms with Gasteiger partial charge in [-0.15, -0.1) is 0 Å². The van der Waals surface area contributed by atoms with Gasteiger partial charge in [0, 0.05) is 29.6 Å². The Hall–Kier alpha value is -1.58. The summed E-state index contributed by atoms with van der Waals surface area (Å²) >= 11 is 1.48. The van der Waals surface area contributed by atoms with E-state index in [4.69, 9.17) is 0 Å². The number of benzene rings is 1. The molecule has 0 saturated carbocycles. The van der Waals surface area contributed by atoms with E-state index in [2.05, 4.69) is 15.6 Å². The van der Waals surface area contributed by atoms with Crippen LogP contribution in [0.5, 0.6) is 0 Å². The third-order valence-corrected chi connectivity index (χ3v) is 7.20. The van der Waals surface area contributed by atoms with Gasteiger partial charge in [-0.25, -0.2) is 8.42 Å². The van der Waals surface area contributed by atoms with Crippen molar-refractivity contribution < 1.29 is 13.2 Å². The minimum Gasteiger partial charge on any atom is -0.351 e. The summed E-state index contributed by atoms with van der Waals surface area (Å²) in [5, 5.41) is 6.84. The molecule has 7 nitrogen and oxygen atoms in total. The van der Waals surface area contributed by atoms with Crippen molar-refractivity contribution in [2.24, 2.45) is 4.99 Å². The lowest BCUT2D eigenvalue weighted by molar-refractivity contribution is 0.0951. The highest BCUT2D eigenvalue weighted by atomic mass is 32.2. The second-order valence-corrected chi connectivity index (χ2v) is 9.88. The van der Waals surface area contributed by atoms with Crippen LogP contribution in [0.2, 0.25) is 0 Å². The predicted molar refractivity (Wildman–Crippen MR) is 102 cm³/mol. The van der Waals surface area contributed by atoms with Gasteiger partial charge in [0.2, 0.25) is 0 Å². The van der Waals surface area contributed by atoms with Crippen molar-refractivity contribution in [1.82, 2.24) is 10.2 Å². The van der Waals surface area contributed by atoms with Crippen LogP contribution in [0, 0.1) is 0 Å². The quantitative estimate of drug-likeness (QED) is 0.777. The molecule has 25 heavy (non-hydrogen) atoms. The highest BCUT2D eigenvalue weighted by Gasteiger charge is 2.42. The molecule has 0 bridgehead atoms. The molecule has 2 N–H and O–H groups in total. The van der Waals surface area contributed by atoms with Crippen LogP contribution < -0.4 is 10.6 Å². The molecular formula is C16H22N4O3S2. The maximum atomic E-state index is 12.0. The van der Waals surface area contributed by atoms with E-state index in [1.807, 2.05) is 31.1 Å². The SMILES string of the molecule is CN(C)CCNC(=O)c1ccc(NC2=N[C@H]3CS(=O)(=O)C[C@@H]3S2)cc1. The fourth-order valence-electron chi connectivity index (χ4n) is 2.74. The Morgan fingerprint density at radius 1 is 1.28 bits per heavy atom. The normalized spacial score (nSPS) is 24.0. The fourth-order valence-corrected chi connectivity index (χ4v) is 6.42. The van der Waals surface area contributed by atoms with E-state index in [0.717, 1.165) is 17.4 Å². The largest absolute Gasteiger partial charge is 0.351 e. The van der Waals surface area contributed by atoms with E-state index in [1.54, 1.807) is 12.1 Å². The molecule has 0 spiro atoms. The maximum absolute atomic E-state index is 12.0. The molecule has 1 amide bonds. The highest BCUT2D eigenvalue weighted by molar-refractivity contribution is 8.15. The van der Waals surface area contributed by atoms with Gasteiger partial charge < -0.3 is 15.5 Å². The van der Waals surface area contributed by atoms with Crippen molar-refractivity contribution in [3.63, 3.8) is 0 Å². The molecule has 2 atom stereocenters. The topological polar surface area (TPSA) is 90.9 Å². The van der Waals surface area contributed by atoms with E-state index >= 15 is 0 Å². The monoisotopic (exact) mass is 382 g/mol. The first kappa shape index (κ1) is 18.2. The van der Waals surface area contributed by atoms with Crippen molar-refractivity contribution in [2.45, 2.75) is 11.3 Å². The van der Waals surface area contributed by atoms with Crippen LogP contribution in [0.4, 0.5) is 5.69 Å². The minimum atomic E-state index is -2.93. The minimum absolute atomic E-state index is 0.0225. The first-order valence-electron chi connectivity index (χ1n) is 8.07. The number of amidine groups is 1. The van der Waals surface area contributed by atoms with Crippen molar-refractivity contribution in [3.05, 3.63) is 29.8 Å². The number of thioether (sulfide) groups is 1. The molecule has 0 radical (unpaired) electrons. The first-order chi connectivity index (χ1) is 11.8. The summed E-state index contributed by atoms with van der Waals surface area (Å²) in [5.41, 5.74) is 1.44. The second-order valence-electron chi connectivity index (χ2n) is 6.50. The van der Waals surface area contributed by atoms with Crippen molar-refractivity contribution in [2.75, 3.05) is 44.0 Å². The van der Waals surface area contributed by atoms with E-state index in [1.165, 1.54) is 11.8 Å². The number of rotatable bonds is 5. The van der Waals surface area contributed by atoms with E-state index in [0.29, 0.717) is 12.1 Å². The number of anilines is 1. The molecule has 0 unspecified atom stereocenters. The van der Waals surface area contributed by atoms with E-state index in [9.17, 15) is 13.2 Å². The number of fused-ring (bicyclic) bond motifs is 1. The van der Waals surface area contributed by atoms with Gasteiger partial charge in [0.1, 0.15) is 0 Å². The van der Waals surface area contributed by atoms with E-state index < -0.39 is 9.84 Å². The second kappa shape index (κ2) is 7.35. The van der Waals surface area contributed by atoms with Gasteiger partial charge >= 0.3 is 0 Å². The van der Waals surface area contributed by atoms with Crippen molar-refractivity contribution >= 4 is 38.4 Å². The number of hydrogen-bond donors (Lipinski definition) is 2. The van der Waals surface area contributed by atoms with Crippen molar-refractivity contribution in [1.29, 1.82) is 0 Å². The first-order valence-corrected chi connectivity index (χ1v) is 10.8. The van der Waals surface area contributed by atoms with Crippen LogP contribution in [-0.2, 0) is 9.84 Å². The molecule has 0 aliphatic carbocycles. The number of likely N-dealkylation sites (N-methyl/N-ethyl adjacent to an activating group) is 1. The average molecular weight is 383 g/mol. The van der Waals surface area contributed by atoms with Crippen LogP contribution in [0.1, 0.15) is 10.4 Å². The zero-order valence-electron chi connectivity index (χ0n) is 14.2. The van der Waals surface area contributed by atoms with Gasteiger partial charge in [-0.3, -0.25) is 9.79 Å². The third kappa shape index (κ3) is 4.74. The summed E-state index contributed by atoms with van der Waals surface area (Å²) in [5.74, 6) is 0.242. The van der Waals surface area contributed by atoms with Crippen LogP contribution >= 0.6 is 11.8 Å². The van der Waals surface area contributed by atoms with Gasteiger partial charge in [-0.1, -0.05) is 11.8 Å². The summed E-state index contributed by atoms with van der Waals surface area (Å²) in [6, 6.07) is 7.04. The number of carbonyl (C=O) groups is 1. The number of nitrogens with zero attached hydrogens (tertiary/aromatic N) is 2. The lowest BCUT2D eigenvalue weighted by atomic mass is 10.2. The molecule has 1 aromatic carbocycles. The van der Waals surface area contributed by atoms with Gasteiger partial charge in [0.25, 0.3) is 5.91 Å². The predicted octanol–water partition coefficient (Wildman–Crippen LogP) is 0.658. The number of amides is 1. The Morgan fingerprint density at radius 2 is 2.00 bits per heavy atom. The molecule has 1 fully saturated rings. The Morgan fingerprint density at radius 3 is 2.64 bits per heavy atom. The molecule has 2 aliphatic rings. The van der Waals surface area contributed by atoms with Crippen LogP contribution in [-0.4, -0.2) is 74.4 Å². The molecule has 9 heteroatoms. The Labute approximate surface area is 152 Å². The summed E-state index contributed by atoms with van der Waals surface area (Å²) in [4.78, 5) is 18.5. The Bertz CT molecular complexity index is 775. The number of nitrogens with one attached hydrogen (secondary N) is 2. The highest BCUT2D eigenvalue weighted by Crippen LogP contribution is 2.34. The fraction of sp³-hybridized carbons (Fsp3) is 0.500. The van der Waals surface area contributed by atoms with Crippen LogP contribution in [0.3, 0.4) is 0 Å². The molecule has 2 heterocycles. The number of hydrogen-bond acceptors (Lipinski definition) is 7. The van der Waals surface area contributed by atoms with Gasteiger partial charge in [0.05, 0.1) is 17.5 Å². The molecular weight excluding hydrogens is 360 g/mol. The third-order valence-electron chi connectivity index (χ3n) is 4.06. The number of sulfone groups is 1. The molecule has 0 aromatic heterocycles. The molecule has 2 aliphatic heterocycles. The number of aliphatic imine (C=N–C) groups is 1. The summed E-state index contributed by atoms with van der Waals surface area (Å²) in [6.45, 7) is 1.39. The Balaban J connectivity index is 1.54. The lowest BCUT2D eigenvalue weighted by Crippen LogP contribution is -2.31. The maximum Gasteiger partial charge on any atom is 0.251 e. The average Bonchev–Trinajstić information content (AvgIpc) is 3.00. The molecule has 1 aromatic rings. The zero-order valence-corrected chi connectivity index (χ0v) is 15.9. The molecule has 136 valence electrons. The standard InChI is InChI=1S/C16H22N4O3S2/c1-20(2)8-7-17-15(21)11-3-5-12(6-4-11)18-16-19-13-9-25(22,23)10-14(13)24-16/h3-6,13-14H,7-10H2,1-2H3,(H,17,21)(H,18,19)/t13-,14-/m0/s1. The van der Waals surface area contributed by atoms with Crippen LogP contribution in [0.15, 0.2) is 29.3 Å². The van der Waals surface area contributed by atoms with Crippen molar-refractivity contribution in [3.8, 4) is 0 Å². The van der Waals surface area contributed by atoms with Crippen LogP contribution in [0.25, 0.3) is 0 Å². The van der Waals surface area contributed by atoms with Gasteiger partial charge in [-0.05, 0) is 38.4 Å².